The average Bonchev–Trinajstić information content (AvgIpc) is 2.84. The predicted octanol–water partition coefficient (Wildman–Crippen LogP) is 2.74. The summed E-state index contributed by atoms with van der Waals surface area (Å²) in [7, 11) is 1.88. The zero-order valence-corrected chi connectivity index (χ0v) is 13.8. The molecule has 1 aromatic heterocycles. The fourth-order valence-electron chi connectivity index (χ4n) is 2.13. The van der Waals surface area contributed by atoms with Crippen LogP contribution in [0.3, 0.4) is 0 Å². The van der Waals surface area contributed by atoms with Crippen molar-refractivity contribution in [3.8, 4) is 0 Å². The zero-order valence-electron chi connectivity index (χ0n) is 12.9. The molecule has 5 heteroatoms. The van der Waals surface area contributed by atoms with Gasteiger partial charge in [0.1, 0.15) is 5.58 Å². The lowest BCUT2D eigenvalue weighted by Gasteiger charge is -2.11. The second-order valence-electron chi connectivity index (χ2n) is 5.32. The second-order valence-corrected chi connectivity index (χ2v) is 5.32. The van der Waals surface area contributed by atoms with Crippen molar-refractivity contribution in [2.75, 3.05) is 13.6 Å². The first-order chi connectivity index (χ1) is 9.52. The molecule has 0 aliphatic rings. The van der Waals surface area contributed by atoms with Crippen LogP contribution in [0.4, 0.5) is 0 Å². The lowest BCUT2D eigenvalue weighted by atomic mass is 10.0. The summed E-state index contributed by atoms with van der Waals surface area (Å²) in [6.07, 6.45) is 2.05. The molecule has 0 radical (unpaired) electrons. The van der Waals surface area contributed by atoms with Gasteiger partial charge in [-0.05, 0) is 38.9 Å². The van der Waals surface area contributed by atoms with E-state index in [0.717, 1.165) is 22.1 Å². The molecule has 1 heterocycles. The molecule has 0 fully saturated rings. The summed E-state index contributed by atoms with van der Waals surface area (Å²) >= 11 is 0. The molecule has 2 N–H and O–H groups in total. The van der Waals surface area contributed by atoms with Crippen molar-refractivity contribution in [1.29, 1.82) is 0 Å². The quantitative estimate of drug-likeness (QED) is 0.893. The molecule has 2 aromatic rings. The Balaban J connectivity index is 0.00000220. The lowest BCUT2D eigenvalue weighted by Crippen LogP contribution is -2.37. The summed E-state index contributed by atoms with van der Waals surface area (Å²) in [6, 6.07) is 4.36. The van der Waals surface area contributed by atoms with Gasteiger partial charge in [0.25, 0.3) is 0 Å². The van der Waals surface area contributed by atoms with Gasteiger partial charge in [0.2, 0.25) is 5.91 Å². The topological polar surface area (TPSA) is 54.3 Å². The van der Waals surface area contributed by atoms with Crippen LogP contribution >= 0.6 is 12.4 Å². The number of benzene rings is 1. The van der Waals surface area contributed by atoms with Gasteiger partial charge < -0.3 is 15.1 Å². The molecule has 0 bridgehead atoms. The summed E-state index contributed by atoms with van der Waals surface area (Å²) in [5.41, 5.74) is 4.16. The van der Waals surface area contributed by atoms with E-state index in [1.54, 1.807) is 6.26 Å². The van der Waals surface area contributed by atoms with Gasteiger partial charge in [-0.1, -0.05) is 12.1 Å². The molecule has 1 aromatic carbocycles. The standard InChI is InChI=1S/C16H22N2O2.ClH/c1-10-5-6-14-13(9-20-16(14)12(10)3)7-15(19)18-8-11(2)17-4;/h5-6,9,11,17H,7-8H2,1-4H3,(H,18,19);1H. The Labute approximate surface area is 131 Å². The van der Waals surface area contributed by atoms with Crippen molar-refractivity contribution >= 4 is 29.3 Å². The first kappa shape index (κ1) is 17.5. The number of halogens is 1. The summed E-state index contributed by atoms with van der Waals surface area (Å²) in [5.74, 6) is 0.0213. The number of nitrogens with one attached hydrogen (secondary N) is 2. The molecule has 0 spiro atoms. The maximum atomic E-state index is 11.9. The minimum absolute atomic E-state index is 0. The number of hydrogen-bond acceptors (Lipinski definition) is 3. The molecule has 0 saturated carbocycles. The average molecular weight is 311 g/mol. The van der Waals surface area contributed by atoms with E-state index in [4.69, 9.17) is 4.42 Å². The monoisotopic (exact) mass is 310 g/mol. The Kier molecular flexibility index (Phi) is 6.24. The first-order valence-corrected chi connectivity index (χ1v) is 6.93. The van der Waals surface area contributed by atoms with E-state index in [9.17, 15) is 4.79 Å². The SMILES string of the molecule is CNC(C)CNC(=O)Cc1coc2c(C)c(C)ccc12.Cl. The van der Waals surface area contributed by atoms with Gasteiger partial charge in [-0.25, -0.2) is 0 Å². The van der Waals surface area contributed by atoms with Crippen LogP contribution < -0.4 is 10.6 Å². The van der Waals surface area contributed by atoms with Crippen molar-refractivity contribution in [3.05, 3.63) is 35.1 Å². The maximum absolute atomic E-state index is 11.9. The molecular weight excluding hydrogens is 288 g/mol. The number of carbonyl (C=O) groups excluding carboxylic acids is 1. The van der Waals surface area contributed by atoms with E-state index in [2.05, 4.69) is 23.6 Å². The smallest absolute Gasteiger partial charge is 0.224 e. The number of furan rings is 1. The summed E-state index contributed by atoms with van der Waals surface area (Å²) < 4.78 is 5.62. The number of fused-ring (bicyclic) bond motifs is 1. The molecule has 21 heavy (non-hydrogen) atoms. The number of carbonyl (C=O) groups is 1. The number of likely N-dealkylation sites (N-methyl/N-ethyl adjacent to an activating group) is 1. The Morgan fingerprint density at radius 3 is 2.71 bits per heavy atom. The van der Waals surface area contributed by atoms with Crippen molar-refractivity contribution in [2.45, 2.75) is 33.2 Å². The zero-order chi connectivity index (χ0) is 14.7. The molecule has 0 aliphatic heterocycles. The van der Waals surface area contributed by atoms with Gasteiger partial charge >= 0.3 is 0 Å². The van der Waals surface area contributed by atoms with Gasteiger partial charge in [0.05, 0.1) is 12.7 Å². The Bertz CT molecular complexity index is 622. The number of amides is 1. The van der Waals surface area contributed by atoms with Crippen LogP contribution in [-0.4, -0.2) is 25.5 Å². The molecule has 116 valence electrons. The molecule has 1 amide bonds. The first-order valence-electron chi connectivity index (χ1n) is 6.93. The van der Waals surface area contributed by atoms with Gasteiger partial charge in [-0.2, -0.15) is 0 Å². The van der Waals surface area contributed by atoms with Crippen LogP contribution in [0.15, 0.2) is 22.8 Å². The van der Waals surface area contributed by atoms with Crippen LogP contribution in [0.1, 0.15) is 23.6 Å². The highest BCUT2D eigenvalue weighted by molar-refractivity contribution is 5.89. The molecule has 0 aliphatic carbocycles. The van der Waals surface area contributed by atoms with E-state index in [1.807, 2.05) is 27.0 Å². The minimum atomic E-state index is 0. The molecule has 0 saturated heterocycles. The molecule has 4 nitrogen and oxygen atoms in total. The van der Waals surface area contributed by atoms with E-state index < -0.39 is 0 Å². The van der Waals surface area contributed by atoms with Crippen molar-refractivity contribution < 1.29 is 9.21 Å². The summed E-state index contributed by atoms with van der Waals surface area (Å²) in [5, 5.41) is 7.04. The molecular formula is C16H23ClN2O2. The predicted molar refractivity (Wildman–Crippen MR) is 88.2 cm³/mol. The summed E-state index contributed by atoms with van der Waals surface area (Å²) in [6.45, 7) is 6.76. The lowest BCUT2D eigenvalue weighted by molar-refractivity contribution is -0.120. The van der Waals surface area contributed by atoms with Crippen LogP contribution in [0.5, 0.6) is 0 Å². The van der Waals surface area contributed by atoms with Crippen molar-refractivity contribution in [1.82, 2.24) is 10.6 Å². The minimum Gasteiger partial charge on any atom is -0.464 e. The third-order valence-corrected chi connectivity index (χ3v) is 3.79. The third-order valence-electron chi connectivity index (χ3n) is 3.79. The molecule has 2 rings (SSSR count). The summed E-state index contributed by atoms with van der Waals surface area (Å²) in [4.78, 5) is 11.9. The largest absolute Gasteiger partial charge is 0.464 e. The van der Waals surface area contributed by atoms with E-state index in [0.29, 0.717) is 13.0 Å². The number of hydrogen-bond donors (Lipinski definition) is 2. The Morgan fingerprint density at radius 2 is 2.05 bits per heavy atom. The number of rotatable bonds is 5. The molecule has 1 atom stereocenters. The normalized spacial score (nSPS) is 12.0. The van der Waals surface area contributed by atoms with Crippen molar-refractivity contribution in [2.24, 2.45) is 0 Å². The Hall–Kier alpha value is -1.52. The molecule has 1 unspecified atom stereocenters. The maximum Gasteiger partial charge on any atom is 0.224 e. The third kappa shape index (κ3) is 3.99. The fourth-order valence-corrected chi connectivity index (χ4v) is 2.13. The second kappa shape index (κ2) is 7.48. The van der Waals surface area contributed by atoms with Gasteiger partial charge in [-0.15, -0.1) is 12.4 Å². The highest BCUT2D eigenvalue weighted by Gasteiger charge is 2.13. The van der Waals surface area contributed by atoms with E-state index in [1.165, 1.54) is 5.56 Å². The highest BCUT2D eigenvalue weighted by Crippen LogP contribution is 2.26. The Morgan fingerprint density at radius 1 is 1.33 bits per heavy atom. The number of aryl methyl sites for hydroxylation is 2. The van der Waals surface area contributed by atoms with Crippen LogP contribution in [-0.2, 0) is 11.2 Å². The fraction of sp³-hybridized carbons (Fsp3) is 0.438. The van der Waals surface area contributed by atoms with Crippen LogP contribution in [0.25, 0.3) is 11.0 Å². The van der Waals surface area contributed by atoms with E-state index >= 15 is 0 Å². The van der Waals surface area contributed by atoms with E-state index in [-0.39, 0.29) is 24.4 Å². The van der Waals surface area contributed by atoms with Gasteiger partial charge in [-0.3, -0.25) is 4.79 Å². The van der Waals surface area contributed by atoms with Crippen molar-refractivity contribution in [3.63, 3.8) is 0 Å². The van der Waals surface area contributed by atoms with Crippen LogP contribution in [0.2, 0.25) is 0 Å². The van der Waals surface area contributed by atoms with Gasteiger partial charge in [0, 0.05) is 23.5 Å². The van der Waals surface area contributed by atoms with Crippen LogP contribution in [0, 0.1) is 13.8 Å². The van der Waals surface area contributed by atoms with Gasteiger partial charge in [0.15, 0.2) is 0 Å². The highest BCUT2D eigenvalue weighted by atomic mass is 35.5.